The third-order valence-electron chi connectivity index (χ3n) is 5.22. The van der Waals surface area contributed by atoms with Crippen LogP contribution in [0.25, 0.3) is 0 Å². The predicted molar refractivity (Wildman–Crippen MR) is 96.2 cm³/mol. The van der Waals surface area contributed by atoms with Gasteiger partial charge in [0, 0.05) is 32.2 Å². The molecule has 1 saturated heterocycles. The maximum atomic E-state index is 12.3. The van der Waals surface area contributed by atoms with E-state index in [2.05, 4.69) is 17.1 Å². The largest absolute Gasteiger partial charge is 0.352 e. The van der Waals surface area contributed by atoms with Crippen molar-refractivity contribution >= 4 is 23.2 Å². The number of carbonyl (C=O) groups excluding carboxylic acids is 2. The summed E-state index contributed by atoms with van der Waals surface area (Å²) in [6.45, 7) is 5.62. The number of nitrogens with zero attached hydrogens (tertiary/aromatic N) is 2. The molecule has 6 heteroatoms. The molecule has 0 aromatic carbocycles. The third-order valence-corrected chi connectivity index (χ3v) is 6.07. The number of thiophene rings is 1. The Labute approximate surface area is 148 Å². The first-order valence-electron chi connectivity index (χ1n) is 8.98. The Hall–Kier alpha value is -1.40. The maximum Gasteiger partial charge on any atom is 0.264 e. The van der Waals surface area contributed by atoms with Crippen LogP contribution in [-0.2, 0) is 4.79 Å². The van der Waals surface area contributed by atoms with Crippen LogP contribution in [0.4, 0.5) is 0 Å². The molecule has 2 heterocycles. The minimum Gasteiger partial charge on any atom is -0.352 e. The molecule has 2 aliphatic rings. The van der Waals surface area contributed by atoms with Crippen LogP contribution < -0.4 is 5.32 Å². The molecule has 24 heavy (non-hydrogen) atoms. The zero-order valence-corrected chi connectivity index (χ0v) is 15.2. The first kappa shape index (κ1) is 17.4. The Bertz CT molecular complexity index is 553. The first-order valence-corrected chi connectivity index (χ1v) is 9.86. The van der Waals surface area contributed by atoms with Gasteiger partial charge in [0.1, 0.15) is 0 Å². The Morgan fingerprint density at radius 2 is 1.96 bits per heavy atom. The standard InChI is InChI=1S/C18H27N3O2S/c1-14-5-2-3-6-15(14)19-17(22)13-20-8-10-21(11-9-20)18(23)16-7-4-12-24-16/h4,7,12,14-15H,2-3,5-6,8-11,13H2,1H3,(H,19,22)/t14-,15-/m1/s1. The van der Waals surface area contributed by atoms with Gasteiger partial charge in [0.15, 0.2) is 0 Å². The van der Waals surface area contributed by atoms with Gasteiger partial charge in [-0.2, -0.15) is 0 Å². The molecule has 1 aliphatic heterocycles. The van der Waals surface area contributed by atoms with E-state index in [9.17, 15) is 9.59 Å². The summed E-state index contributed by atoms with van der Waals surface area (Å²) in [5, 5.41) is 5.14. The molecule has 1 aromatic heterocycles. The lowest BCUT2D eigenvalue weighted by atomic mass is 9.86. The van der Waals surface area contributed by atoms with E-state index < -0.39 is 0 Å². The fraction of sp³-hybridized carbons (Fsp3) is 0.667. The lowest BCUT2D eigenvalue weighted by Gasteiger charge is -2.35. The van der Waals surface area contributed by atoms with Crippen molar-refractivity contribution in [3.8, 4) is 0 Å². The molecule has 5 nitrogen and oxygen atoms in total. The van der Waals surface area contributed by atoms with Crippen LogP contribution in [0.5, 0.6) is 0 Å². The number of nitrogens with one attached hydrogen (secondary N) is 1. The van der Waals surface area contributed by atoms with Gasteiger partial charge in [-0.3, -0.25) is 14.5 Å². The number of amides is 2. The summed E-state index contributed by atoms with van der Waals surface area (Å²) in [5.74, 6) is 0.833. The van der Waals surface area contributed by atoms with E-state index in [0.717, 1.165) is 24.4 Å². The van der Waals surface area contributed by atoms with Crippen molar-refractivity contribution in [2.45, 2.75) is 38.6 Å². The topological polar surface area (TPSA) is 52.7 Å². The van der Waals surface area contributed by atoms with E-state index in [-0.39, 0.29) is 11.8 Å². The first-order chi connectivity index (χ1) is 11.6. The molecule has 3 rings (SSSR count). The summed E-state index contributed by atoms with van der Waals surface area (Å²) in [6.07, 6.45) is 4.83. The van der Waals surface area contributed by atoms with Crippen LogP contribution >= 0.6 is 11.3 Å². The van der Waals surface area contributed by atoms with Gasteiger partial charge in [-0.15, -0.1) is 11.3 Å². The van der Waals surface area contributed by atoms with Crippen LogP contribution in [0, 0.1) is 5.92 Å². The molecule has 1 aromatic rings. The third kappa shape index (κ3) is 4.36. The van der Waals surface area contributed by atoms with Gasteiger partial charge in [-0.25, -0.2) is 0 Å². The molecule has 0 spiro atoms. The summed E-state index contributed by atoms with van der Waals surface area (Å²) in [7, 11) is 0. The van der Waals surface area contributed by atoms with Gasteiger partial charge in [0.25, 0.3) is 5.91 Å². The second-order valence-electron chi connectivity index (χ2n) is 6.98. The normalized spacial score (nSPS) is 25.5. The number of carbonyl (C=O) groups is 2. The summed E-state index contributed by atoms with van der Waals surface area (Å²) in [5.41, 5.74) is 0. The molecule has 2 atom stereocenters. The van der Waals surface area contributed by atoms with Gasteiger partial charge in [0.2, 0.25) is 5.91 Å². The predicted octanol–water partition coefficient (Wildman–Crippen LogP) is 2.20. The summed E-state index contributed by atoms with van der Waals surface area (Å²) < 4.78 is 0. The molecule has 0 radical (unpaired) electrons. The van der Waals surface area contributed by atoms with E-state index >= 15 is 0 Å². The van der Waals surface area contributed by atoms with Gasteiger partial charge in [-0.05, 0) is 30.2 Å². The molecule has 0 unspecified atom stereocenters. The quantitative estimate of drug-likeness (QED) is 0.907. The molecular formula is C18H27N3O2S. The number of piperazine rings is 1. The van der Waals surface area contributed by atoms with Gasteiger partial charge < -0.3 is 10.2 Å². The molecule has 1 aliphatic carbocycles. The SMILES string of the molecule is C[C@@H]1CCCC[C@H]1NC(=O)CN1CCN(C(=O)c2cccs2)CC1. The molecular weight excluding hydrogens is 322 g/mol. The van der Waals surface area contributed by atoms with Crippen LogP contribution in [-0.4, -0.2) is 60.4 Å². The second kappa shape index (κ2) is 8.12. The number of hydrogen-bond acceptors (Lipinski definition) is 4. The molecule has 0 bridgehead atoms. The van der Waals surface area contributed by atoms with Crippen molar-refractivity contribution in [2.24, 2.45) is 5.92 Å². The Kier molecular flexibility index (Phi) is 5.89. The van der Waals surface area contributed by atoms with Crippen molar-refractivity contribution in [1.82, 2.24) is 15.1 Å². The van der Waals surface area contributed by atoms with Gasteiger partial charge >= 0.3 is 0 Å². The lowest BCUT2D eigenvalue weighted by Crippen LogP contribution is -2.52. The van der Waals surface area contributed by atoms with Crippen molar-refractivity contribution in [3.63, 3.8) is 0 Å². The highest BCUT2D eigenvalue weighted by Gasteiger charge is 2.26. The average molecular weight is 350 g/mol. The highest BCUT2D eigenvalue weighted by molar-refractivity contribution is 7.12. The van der Waals surface area contributed by atoms with Crippen molar-refractivity contribution in [3.05, 3.63) is 22.4 Å². The van der Waals surface area contributed by atoms with Crippen molar-refractivity contribution in [1.29, 1.82) is 0 Å². The van der Waals surface area contributed by atoms with E-state index in [1.54, 1.807) is 0 Å². The van der Waals surface area contributed by atoms with E-state index in [0.29, 0.717) is 31.6 Å². The molecule has 1 saturated carbocycles. The minimum atomic E-state index is 0.116. The van der Waals surface area contributed by atoms with Gasteiger partial charge in [0.05, 0.1) is 11.4 Å². The molecule has 2 fully saturated rings. The highest BCUT2D eigenvalue weighted by Crippen LogP contribution is 2.23. The van der Waals surface area contributed by atoms with Crippen LogP contribution in [0.15, 0.2) is 17.5 Å². The highest BCUT2D eigenvalue weighted by atomic mass is 32.1. The molecule has 2 amide bonds. The van der Waals surface area contributed by atoms with Crippen molar-refractivity contribution < 1.29 is 9.59 Å². The minimum absolute atomic E-state index is 0.116. The number of hydrogen-bond donors (Lipinski definition) is 1. The molecule has 132 valence electrons. The Balaban J connectivity index is 1.42. The Morgan fingerprint density at radius 1 is 1.21 bits per heavy atom. The van der Waals surface area contributed by atoms with Crippen LogP contribution in [0.3, 0.4) is 0 Å². The maximum absolute atomic E-state index is 12.3. The smallest absolute Gasteiger partial charge is 0.264 e. The van der Waals surface area contributed by atoms with E-state index in [4.69, 9.17) is 0 Å². The van der Waals surface area contributed by atoms with E-state index in [1.165, 1.54) is 30.6 Å². The Morgan fingerprint density at radius 3 is 2.62 bits per heavy atom. The van der Waals surface area contributed by atoms with Gasteiger partial charge in [-0.1, -0.05) is 25.8 Å². The molecule has 1 N–H and O–H groups in total. The summed E-state index contributed by atoms with van der Waals surface area (Å²) in [6, 6.07) is 4.12. The fourth-order valence-electron chi connectivity index (χ4n) is 3.65. The summed E-state index contributed by atoms with van der Waals surface area (Å²) >= 11 is 1.49. The number of rotatable bonds is 4. The van der Waals surface area contributed by atoms with Crippen LogP contribution in [0.2, 0.25) is 0 Å². The lowest BCUT2D eigenvalue weighted by molar-refractivity contribution is -0.123. The second-order valence-corrected chi connectivity index (χ2v) is 7.93. The van der Waals surface area contributed by atoms with E-state index in [1.807, 2.05) is 22.4 Å². The zero-order valence-electron chi connectivity index (χ0n) is 14.4. The van der Waals surface area contributed by atoms with Crippen molar-refractivity contribution in [2.75, 3.05) is 32.7 Å². The zero-order chi connectivity index (χ0) is 16.9. The summed E-state index contributed by atoms with van der Waals surface area (Å²) in [4.78, 5) is 29.5. The monoisotopic (exact) mass is 349 g/mol. The average Bonchev–Trinajstić information content (AvgIpc) is 3.11. The fourth-order valence-corrected chi connectivity index (χ4v) is 4.34. The van der Waals surface area contributed by atoms with Crippen LogP contribution in [0.1, 0.15) is 42.3 Å².